The number of thiazole rings is 1. The summed E-state index contributed by atoms with van der Waals surface area (Å²) < 4.78 is 0. The number of aliphatic imine (C=N–C) groups is 1. The van der Waals surface area contributed by atoms with Crippen molar-refractivity contribution in [1.82, 2.24) is 15.2 Å². The number of nitrogens with one attached hydrogen (secondary N) is 1. The molecule has 0 aliphatic carbocycles. The molecule has 0 spiro atoms. The molecular weight excluding hydrogens is 304 g/mol. The van der Waals surface area contributed by atoms with E-state index in [-0.39, 0.29) is 0 Å². The molecule has 0 saturated heterocycles. The van der Waals surface area contributed by atoms with Crippen molar-refractivity contribution in [2.45, 2.75) is 33.7 Å². The summed E-state index contributed by atoms with van der Waals surface area (Å²) in [5, 5.41) is 6.58. The first-order valence-electron chi connectivity index (χ1n) is 8.05. The maximum Gasteiger partial charge on any atom is 0.194 e. The molecule has 0 unspecified atom stereocenters. The molecule has 0 bridgehead atoms. The first-order valence-corrected chi connectivity index (χ1v) is 8.93. The van der Waals surface area contributed by atoms with Gasteiger partial charge in [0.25, 0.3) is 0 Å². The summed E-state index contributed by atoms with van der Waals surface area (Å²) in [5.41, 5.74) is 3.79. The molecule has 2 aromatic rings. The first-order chi connectivity index (χ1) is 11.1. The minimum absolute atomic E-state index is 0.778. The van der Waals surface area contributed by atoms with Gasteiger partial charge in [0.15, 0.2) is 5.96 Å². The third-order valence-electron chi connectivity index (χ3n) is 3.67. The van der Waals surface area contributed by atoms with Crippen molar-refractivity contribution in [3.05, 3.63) is 51.5 Å². The fourth-order valence-electron chi connectivity index (χ4n) is 2.44. The van der Waals surface area contributed by atoms with Gasteiger partial charge in [0.1, 0.15) is 0 Å². The zero-order valence-corrected chi connectivity index (χ0v) is 15.3. The Labute approximate surface area is 143 Å². The van der Waals surface area contributed by atoms with Gasteiger partial charge >= 0.3 is 0 Å². The number of aryl methyl sites for hydroxylation is 2. The van der Waals surface area contributed by atoms with Crippen LogP contribution in [0, 0.1) is 13.8 Å². The van der Waals surface area contributed by atoms with E-state index in [4.69, 9.17) is 4.99 Å². The van der Waals surface area contributed by atoms with E-state index in [0.717, 1.165) is 42.7 Å². The van der Waals surface area contributed by atoms with E-state index >= 15 is 0 Å². The SMILES string of the molecule is CCNC(=NCCc1ccccc1C)N(C)Cc1csc(C)n1. The molecule has 23 heavy (non-hydrogen) atoms. The number of rotatable bonds is 6. The van der Waals surface area contributed by atoms with E-state index in [1.165, 1.54) is 11.1 Å². The lowest BCUT2D eigenvalue weighted by atomic mass is 10.1. The Balaban J connectivity index is 1.97. The van der Waals surface area contributed by atoms with Gasteiger partial charge in [0, 0.05) is 25.5 Å². The van der Waals surface area contributed by atoms with Gasteiger partial charge in [-0.3, -0.25) is 4.99 Å². The predicted molar refractivity (Wildman–Crippen MR) is 99.2 cm³/mol. The van der Waals surface area contributed by atoms with Gasteiger partial charge in [0.2, 0.25) is 0 Å². The zero-order valence-electron chi connectivity index (χ0n) is 14.5. The third-order valence-corrected chi connectivity index (χ3v) is 4.49. The summed E-state index contributed by atoms with van der Waals surface area (Å²) in [5.74, 6) is 0.937. The standard InChI is InChI=1S/C18H26N4S/c1-5-19-18(22(4)12-17-13-23-15(3)21-17)20-11-10-16-9-7-6-8-14(16)2/h6-9,13H,5,10-12H2,1-4H3,(H,19,20). The second-order valence-electron chi connectivity index (χ2n) is 5.63. The van der Waals surface area contributed by atoms with Gasteiger partial charge in [-0.05, 0) is 38.3 Å². The van der Waals surface area contributed by atoms with E-state index in [0.29, 0.717) is 0 Å². The molecule has 0 amide bonds. The second kappa shape index (κ2) is 8.67. The number of guanidine groups is 1. The summed E-state index contributed by atoms with van der Waals surface area (Å²) in [6.45, 7) is 8.71. The first kappa shape index (κ1) is 17.5. The number of nitrogens with zero attached hydrogens (tertiary/aromatic N) is 3. The van der Waals surface area contributed by atoms with Crippen LogP contribution >= 0.6 is 11.3 Å². The van der Waals surface area contributed by atoms with Crippen LogP contribution in [0.2, 0.25) is 0 Å². The Morgan fingerprint density at radius 3 is 2.74 bits per heavy atom. The fourth-order valence-corrected chi connectivity index (χ4v) is 3.05. The molecule has 0 radical (unpaired) electrons. The molecule has 5 heteroatoms. The lowest BCUT2D eigenvalue weighted by molar-refractivity contribution is 0.471. The van der Waals surface area contributed by atoms with Crippen molar-refractivity contribution < 1.29 is 0 Å². The van der Waals surface area contributed by atoms with E-state index in [9.17, 15) is 0 Å². The van der Waals surface area contributed by atoms with Crippen LogP contribution < -0.4 is 5.32 Å². The molecule has 1 aromatic carbocycles. The highest BCUT2D eigenvalue weighted by molar-refractivity contribution is 7.09. The maximum atomic E-state index is 4.76. The fraction of sp³-hybridized carbons (Fsp3) is 0.444. The third kappa shape index (κ3) is 5.36. The van der Waals surface area contributed by atoms with Gasteiger partial charge in [-0.2, -0.15) is 0 Å². The molecule has 1 heterocycles. The highest BCUT2D eigenvalue weighted by Crippen LogP contribution is 2.10. The number of aromatic nitrogens is 1. The van der Waals surface area contributed by atoms with Crippen LogP contribution in [0.3, 0.4) is 0 Å². The molecule has 0 saturated carbocycles. The van der Waals surface area contributed by atoms with Crippen molar-refractivity contribution in [3.63, 3.8) is 0 Å². The van der Waals surface area contributed by atoms with Crippen molar-refractivity contribution >= 4 is 17.3 Å². The predicted octanol–water partition coefficient (Wildman–Crippen LogP) is 3.40. The molecule has 0 aliphatic heterocycles. The van der Waals surface area contributed by atoms with Crippen LogP contribution in [0.15, 0.2) is 34.6 Å². The van der Waals surface area contributed by atoms with Crippen LogP contribution in [0.4, 0.5) is 0 Å². The Hall–Kier alpha value is -1.88. The largest absolute Gasteiger partial charge is 0.357 e. The molecule has 0 fully saturated rings. The van der Waals surface area contributed by atoms with Crippen molar-refractivity contribution in [2.24, 2.45) is 4.99 Å². The Morgan fingerprint density at radius 2 is 2.09 bits per heavy atom. The zero-order chi connectivity index (χ0) is 16.7. The quantitative estimate of drug-likeness (QED) is 0.652. The molecule has 124 valence electrons. The van der Waals surface area contributed by atoms with Crippen molar-refractivity contribution in [3.8, 4) is 0 Å². The molecule has 4 nitrogen and oxygen atoms in total. The molecule has 2 rings (SSSR count). The molecule has 1 N–H and O–H groups in total. The van der Waals surface area contributed by atoms with E-state index < -0.39 is 0 Å². The van der Waals surface area contributed by atoms with E-state index in [1.807, 2.05) is 6.92 Å². The molecule has 0 atom stereocenters. The monoisotopic (exact) mass is 330 g/mol. The van der Waals surface area contributed by atoms with Crippen LogP contribution in [0.25, 0.3) is 0 Å². The highest BCUT2D eigenvalue weighted by atomic mass is 32.1. The normalized spacial score (nSPS) is 11.6. The van der Waals surface area contributed by atoms with Gasteiger partial charge in [-0.25, -0.2) is 4.98 Å². The smallest absolute Gasteiger partial charge is 0.194 e. The lowest BCUT2D eigenvalue weighted by Gasteiger charge is -2.21. The summed E-state index contributed by atoms with van der Waals surface area (Å²) in [6.07, 6.45) is 0.964. The lowest BCUT2D eigenvalue weighted by Crippen LogP contribution is -2.38. The average molecular weight is 331 g/mol. The Kier molecular flexibility index (Phi) is 6.59. The minimum atomic E-state index is 0.778. The summed E-state index contributed by atoms with van der Waals surface area (Å²) >= 11 is 1.69. The second-order valence-corrected chi connectivity index (χ2v) is 6.69. The summed E-state index contributed by atoms with van der Waals surface area (Å²) in [7, 11) is 2.06. The van der Waals surface area contributed by atoms with Gasteiger partial charge in [-0.1, -0.05) is 24.3 Å². The highest BCUT2D eigenvalue weighted by Gasteiger charge is 2.08. The van der Waals surface area contributed by atoms with Gasteiger partial charge < -0.3 is 10.2 Å². The average Bonchev–Trinajstić information content (AvgIpc) is 2.93. The van der Waals surface area contributed by atoms with Crippen LogP contribution in [-0.4, -0.2) is 36.0 Å². The number of hydrogen-bond acceptors (Lipinski definition) is 3. The van der Waals surface area contributed by atoms with E-state index in [2.05, 4.69) is 65.7 Å². The maximum absolute atomic E-state index is 4.76. The van der Waals surface area contributed by atoms with Crippen LogP contribution in [-0.2, 0) is 13.0 Å². The minimum Gasteiger partial charge on any atom is -0.357 e. The summed E-state index contributed by atoms with van der Waals surface area (Å²) in [4.78, 5) is 11.4. The molecule has 0 aliphatic rings. The summed E-state index contributed by atoms with van der Waals surface area (Å²) in [6, 6.07) is 8.50. The van der Waals surface area contributed by atoms with Gasteiger partial charge in [0.05, 0.1) is 17.2 Å². The van der Waals surface area contributed by atoms with E-state index in [1.54, 1.807) is 11.3 Å². The Bertz CT molecular complexity index is 648. The number of hydrogen-bond donors (Lipinski definition) is 1. The molecular formula is C18H26N4S. The van der Waals surface area contributed by atoms with Crippen molar-refractivity contribution in [1.29, 1.82) is 0 Å². The topological polar surface area (TPSA) is 40.5 Å². The van der Waals surface area contributed by atoms with Crippen LogP contribution in [0.5, 0.6) is 0 Å². The van der Waals surface area contributed by atoms with Gasteiger partial charge in [-0.15, -0.1) is 11.3 Å². The van der Waals surface area contributed by atoms with Crippen molar-refractivity contribution in [2.75, 3.05) is 20.1 Å². The number of benzene rings is 1. The Morgan fingerprint density at radius 1 is 1.30 bits per heavy atom. The van der Waals surface area contributed by atoms with Crippen LogP contribution in [0.1, 0.15) is 28.8 Å². The molecule has 1 aromatic heterocycles.